The number of aromatic nitrogens is 1. The van der Waals surface area contributed by atoms with E-state index in [1.165, 1.54) is 0 Å². The Hall–Kier alpha value is -2.35. The molecule has 0 saturated carbocycles. The predicted molar refractivity (Wildman–Crippen MR) is 123 cm³/mol. The van der Waals surface area contributed by atoms with Crippen LogP contribution in [0.5, 0.6) is 0 Å². The lowest BCUT2D eigenvalue weighted by Crippen LogP contribution is -2.49. The van der Waals surface area contributed by atoms with Crippen molar-refractivity contribution in [3.05, 3.63) is 63.8 Å². The van der Waals surface area contributed by atoms with Gasteiger partial charge in [0.05, 0.1) is 10.6 Å². The zero-order valence-electron chi connectivity index (χ0n) is 18.1. The minimum Gasteiger partial charge on any atom is -0.369 e. The first kappa shape index (κ1) is 21.9. The van der Waals surface area contributed by atoms with Gasteiger partial charge in [0.25, 0.3) is 0 Å². The summed E-state index contributed by atoms with van der Waals surface area (Å²) >= 11 is 6.17. The van der Waals surface area contributed by atoms with E-state index in [0.717, 1.165) is 28.1 Å². The zero-order valence-corrected chi connectivity index (χ0v) is 19.7. The Kier molecular flexibility index (Phi) is 5.85. The molecule has 2 heterocycles. The standard InChI is InChI=1S/C23H26ClN3O3S/c1-15-6-8-20(24)14-21(15)26-9-11-27(12-10-26)31(28,29)22-13-19(7-5-16(22)2)23-17(3)18(4)25-30-23/h5-8,13-14H,9-12H2,1-4H3. The van der Waals surface area contributed by atoms with E-state index < -0.39 is 10.0 Å². The smallest absolute Gasteiger partial charge is 0.243 e. The van der Waals surface area contributed by atoms with E-state index in [9.17, 15) is 8.42 Å². The van der Waals surface area contributed by atoms with Crippen LogP contribution in [0.1, 0.15) is 22.4 Å². The number of rotatable bonds is 4. The molecule has 1 aromatic heterocycles. The van der Waals surface area contributed by atoms with Crippen molar-refractivity contribution in [2.24, 2.45) is 0 Å². The van der Waals surface area contributed by atoms with Gasteiger partial charge in [0, 0.05) is 48.0 Å². The van der Waals surface area contributed by atoms with Gasteiger partial charge < -0.3 is 9.42 Å². The van der Waals surface area contributed by atoms with Gasteiger partial charge in [0.1, 0.15) is 0 Å². The topological polar surface area (TPSA) is 66.7 Å². The van der Waals surface area contributed by atoms with Crippen LogP contribution in [-0.4, -0.2) is 44.1 Å². The molecule has 0 aliphatic carbocycles. The van der Waals surface area contributed by atoms with Crippen LogP contribution in [0.15, 0.2) is 45.8 Å². The normalized spacial score (nSPS) is 15.5. The Morgan fingerprint density at radius 1 is 0.935 bits per heavy atom. The van der Waals surface area contributed by atoms with Crippen LogP contribution in [0.2, 0.25) is 5.02 Å². The Morgan fingerprint density at radius 3 is 2.26 bits per heavy atom. The third-order valence-electron chi connectivity index (χ3n) is 5.98. The molecule has 0 spiro atoms. The van der Waals surface area contributed by atoms with Crippen molar-refractivity contribution >= 4 is 27.3 Å². The Bertz CT molecular complexity index is 1230. The lowest BCUT2D eigenvalue weighted by atomic mass is 10.1. The monoisotopic (exact) mass is 459 g/mol. The Labute approximate surface area is 188 Å². The molecule has 0 radical (unpaired) electrons. The van der Waals surface area contributed by atoms with Crippen LogP contribution >= 0.6 is 11.6 Å². The van der Waals surface area contributed by atoms with Crippen molar-refractivity contribution in [3.8, 4) is 11.3 Å². The van der Waals surface area contributed by atoms with Crippen LogP contribution in [0.4, 0.5) is 5.69 Å². The third-order valence-corrected chi connectivity index (χ3v) is 8.25. The Morgan fingerprint density at radius 2 is 1.61 bits per heavy atom. The molecule has 8 heteroatoms. The molecule has 1 saturated heterocycles. The summed E-state index contributed by atoms with van der Waals surface area (Å²) in [6.45, 7) is 9.70. The highest BCUT2D eigenvalue weighted by Gasteiger charge is 2.30. The van der Waals surface area contributed by atoms with Gasteiger partial charge in [0.15, 0.2) is 5.76 Å². The highest BCUT2D eigenvalue weighted by Crippen LogP contribution is 2.31. The summed E-state index contributed by atoms with van der Waals surface area (Å²) in [5, 5.41) is 4.68. The van der Waals surface area contributed by atoms with Crippen molar-refractivity contribution in [3.63, 3.8) is 0 Å². The molecule has 0 bridgehead atoms. The summed E-state index contributed by atoms with van der Waals surface area (Å²) in [7, 11) is -3.63. The van der Waals surface area contributed by atoms with E-state index in [4.69, 9.17) is 16.1 Å². The average Bonchev–Trinajstić information content (AvgIpc) is 3.08. The van der Waals surface area contributed by atoms with Gasteiger partial charge in [-0.1, -0.05) is 35.0 Å². The second kappa shape index (κ2) is 8.30. The number of hydrogen-bond donors (Lipinski definition) is 0. The molecule has 4 rings (SSSR count). The number of benzene rings is 2. The van der Waals surface area contributed by atoms with Crippen LogP contribution in [0, 0.1) is 27.7 Å². The minimum atomic E-state index is -3.63. The van der Waals surface area contributed by atoms with Gasteiger partial charge in [-0.2, -0.15) is 4.31 Å². The maximum Gasteiger partial charge on any atom is 0.243 e. The summed E-state index contributed by atoms with van der Waals surface area (Å²) < 4.78 is 34.0. The number of halogens is 1. The number of sulfonamides is 1. The molecule has 6 nitrogen and oxygen atoms in total. The minimum absolute atomic E-state index is 0.311. The van der Waals surface area contributed by atoms with Crippen molar-refractivity contribution < 1.29 is 12.9 Å². The van der Waals surface area contributed by atoms with E-state index in [-0.39, 0.29) is 0 Å². The number of hydrogen-bond acceptors (Lipinski definition) is 5. The number of aryl methyl sites for hydroxylation is 3. The molecule has 0 unspecified atom stereocenters. The van der Waals surface area contributed by atoms with Crippen molar-refractivity contribution in [1.29, 1.82) is 0 Å². The fourth-order valence-corrected chi connectivity index (χ4v) is 5.77. The molecule has 164 valence electrons. The summed E-state index contributed by atoms with van der Waals surface area (Å²) in [6.07, 6.45) is 0. The molecular formula is C23H26ClN3O3S. The summed E-state index contributed by atoms with van der Waals surface area (Å²) in [6, 6.07) is 11.2. The van der Waals surface area contributed by atoms with Crippen LogP contribution in [-0.2, 0) is 10.0 Å². The average molecular weight is 460 g/mol. The van der Waals surface area contributed by atoms with E-state index in [2.05, 4.69) is 10.1 Å². The molecule has 0 atom stereocenters. The van der Waals surface area contributed by atoms with E-state index in [1.54, 1.807) is 10.4 Å². The molecule has 0 amide bonds. The molecule has 1 aliphatic heterocycles. The maximum atomic E-state index is 13.5. The Balaban J connectivity index is 1.59. The highest BCUT2D eigenvalue weighted by molar-refractivity contribution is 7.89. The van der Waals surface area contributed by atoms with Gasteiger partial charge in [-0.3, -0.25) is 0 Å². The van der Waals surface area contributed by atoms with Gasteiger partial charge in [-0.05, 0) is 57.0 Å². The molecule has 0 N–H and O–H groups in total. The number of anilines is 1. The van der Waals surface area contributed by atoms with Gasteiger partial charge in [0.2, 0.25) is 10.0 Å². The molecular weight excluding hydrogens is 434 g/mol. The largest absolute Gasteiger partial charge is 0.369 e. The fourth-order valence-electron chi connectivity index (χ4n) is 3.94. The van der Waals surface area contributed by atoms with Crippen molar-refractivity contribution in [2.45, 2.75) is 32.6 Å². The first-order valence-corrected chi connectivity index (χ1v) is 12.1. The maximum absolute atomic E-state index is 13.5. The molecule has 2 aromatic carbocycles. The first-order valence-electron chi connectivity index (χ1n) is 10.2. The zero-order chi connectivity index (χ0) is 22.3. The molecule has 31 heavy (non-hydrogen) atoms. The van der Waals surface area contributed by atoms with Crippen molar-refractivity contribution in [2.75, 3.05) is 31.1 Å². The number of piperazine rings is 1. The lowest BCUT2D eigenvalue weighted by Gasteiger charge is -2.36. The second-order valence-corrected chi connectivity index (χ2v) is 10.4. The predicted octanol–water partition coefficient (Wildman–Crippen LogP) is 4.74. The number of nitrogens with zero attached hydrogens (tertiary/aromatic N) is 3. The van der Waals surface area contributed by atoms with E-state index in [1.807, 2.05) is 58.0 Å². The first-order chi connectivity index (χ1) is 14.7. The molecule has 1 fully saturated rings. The highest BCUT2D eigenvalue weighted by atomic mass is 35.5. The second-order valence-electron chi connectivity index (χ2n) is 8.02. The van der Waals surface area contributed by atoms with Crippen molar-refractivity contribution in [1.82, 2.24) is 9.46 Å². The lowest BCUT2D eigenvalue weighted by molar-refractivity contribution is 0.384. The van der Waals surface area contributed by atoms with Crippen LogP contribution < -0.4 is 4.90 Å². The summed E-state index contributed by atoms with van der Waals surface area (Å²) in [5.41, 5.74) is 5.33. The summed E-state index contributed by atoms with van der Waals surface area (Å²) in [5.74, 6) is 0.607. The van der Waals surface area contributed by atoms with Gasteiger partial charge in [-0.15, -0.1) is 0 Å². The van der Waals surface area contributed by atoms with Crippen LogP contribution in [0.3, 0.4) is 0 Å². The third kappa shape index (κ3) is 4.10. The quantitative estimate of drug-likeness (QED) is 0.563. The van der Waals surface area contributed by atoms with Crippen LogP contribution in [0.25, 0.3) is 11.3 Å². The van der Waals surface area contributed by atoms with E-state index in [0.29, 0.717) is 47.4 Å². The van der Waals surface area contributed by atoms with Gasteiger partial charge in [-0.25, -0.2) is 8.42 Å². The van der Waals surface area contributed by atoms with Gasteiger partial charge >= 0.3 is 0 Å². The molecule has 3 aromatic rings. The fraction of sp³-hybridized carbons (Fsp3) is 0.348. The summed E-state index contributed by atoms with van der Waals surface area (Å²) in [4.78, 5) is 2.50. The molecule has 1 aliphatic rings. The SMILES string of the molecule is Cc1ccc(Cl)cc1N1CCN(S(=O)(=O)c2cc(-c3onc(C)c3C)ccc2C)CC1. The van der Waals surface area contributed by atoms with E-state index >= 15 is 0 Å².